The maximum Gasteiger partial charge on any atom is 0.0779 e. The average molecular weight is 277 g/mol. The topological polar surface area (TPSA) is 21.3 Å². The van der Waals surface area contributed by atoms with Gasteiger partial charge in [0.05, 0.1) is 6.10 Å². The first kappa shape index (κ1) is 17.2. The summed E-state index contributed by atoms with van der Waals surface area (Å²) in [7, 11) is 2.03. The first-order valence-electron chi connectivity index (χ1n) is 7.79. The summed E-state index contributed by atoms with van der Waals surface area (Å²) < 4.78 is 6.01. The molecule has 0 saturated heterocycles. The molecule has 0 spiro atoms. The normalized spacial score (nSPS) is 15.1. The molecule has 2 atom stereocenters. The molecule has 0 aliphatic heterocycles. The largest absolute Gasteiger partial charge is 0.376 e. The molecule has 0 radical (unpaired) electrons. The predicted octanol–water partition coefficient (Wildman–Crippen LogP) is 3.83. The van der Waals surface area contributed by atoms with Gasteiger partial charge in [0.2, 0.25) is 0 Å². The highest BCUT2D eigenvalue weighted by atomic mass is 16.5. The van der Waals surface area contributed by atoms with Crippen molar-refractivity contribution in [2.24, 2.45) is 5.41 Å². The number of hydrogen-bond donors (Lipinski definition) is 1. The maximum atomic E-state index is 6.01. The lowest BCUT2D eigenvalue weighted by Gasteiger charge is -2.36. The molecular weight excluding hydrogens is 246 g/mol. The Balaban J connectivity index is 2.82. The van der Waals surface area contributed by atoms with Crippen molar-refractivity contribution in [2.45, 2.75) is 59.6 Å². The summed E-state index contributed by atoms with van der Waals surface area (Å²) in [5, 5.41) is 3.45. The summed E-state index contributed by atoms with van der Waals surface area (Å²) in [6.07, 6.45) is 2.31. The van der Waals surface area contributed by atoms with E-state index in [0.29, 0.717) is 6.04 Å². The van der Waals surface area contributed by atoms with Gasteiger partial charge in [0, 0.05) is 12.6 Å². The fourth-order valence-corrected chi connectivity index (χ4v) is 2.67. The van der Waals surface area contributed by atoms with Crippen molar-refractivity contribution in [2.75, 3.05) is 13.7 Å². The smallest absolute Gasteiger partial charge is 0.0779 e. The molecule has 20 heavy (non-hydrogen) atoms. The Morgan fingerprint density at radius 3 is 2.00 bits per heavy atom. The minimum Gasteiger partial charge on any atom is -0.376 e. The molecule has 1 rings (SSSR count). The molecule has 0 bridgehead atoms. The number of aryl methyl sites for hydroxylation is 1. The quantitative estimate of drug-likeness (QED) is 0.818. The van der Waals surface area contributed by atoms with Crippen LogP contribution in [0.5, 0.6) is 0 Å². The van der Waals surface area contributed by atoms with Crippen molar-refractivity contribution in [3.8, 4) is 0 Å². The number of benzene rings is 1. The lowest BCUT2D eigenvalue weighted by molar-refractivity contribution is -0.0340. The van der Waals surface area contributed by atoms with Gasteiger partial charge in [-0.2, -0.15) is 0 Å². The minimum absolute atomic E-state index is 0.132. The van der Waals surface area contributed by atoms with Crippen LogP contribution < -0.4 is 5.32 Å². The van der Waals surface area contributed by atoms with Crippen LogP contribution in [-0.4, -0.2) is 25.8 Å². The monoisotopic (exact) mass is 277 g/mol. The summed E-state index contributed by atoms with van der Waals surface area (Å²) in [5.74, 6) is 0. The van der Waals surface area contributed by atoms with Crippen LogP contribution in [0.1, 0.15) is 45.7 Å². The third kappa shape index (κ3) is 4.92. The molecule has 0 heterocycles. The molecule has 2 unspecified atom stereocenters. The molecule has 1 aromatic carbocycles. The van der Waals surface area contributed by atoms with Gasteiger partial charge in [0.25, 0.3) is 0 Å². The zero-order valence-electron chi connectivity index (χ0n) is 14.0. The molecule has 0 aromatic heterocycles. The van der Waals surface area contributed by atoms with E-state index in [2.05, 4.69) is 64.2 Å². The molecule has 2 nitrogen and oxygen atoms in total. The highest BCUT2D eigenvalue weighted by Gasteiger charge is 2.32. The Bertz CT molecular complexity index is 377. The van der Waals surface area contributed by atoms with Crippen LogP contribution in [-0.2, 0) is 17.6 Å². The summed E-state index contributed by atoms with van der Waals surface area (Å²) in [6, 6.07) is 9.29. The van der Waals surface area contributed by atoms with Crippen LogP contribution in [0, 0.1) is 5.41 Å². The number of ether oxygens (including phenoxy) is 1. The zero-order chi connectivity index (χ0) is 15.2. The third-order valence-corrected chi connectivity index (χ3v) is 3.82. The van der Waals surface area contributed by atoms with Gasteiger partial charge < -0.3 is 10.1 Å². The number of rotatable bonds is 7. The second-order valence-electron chi connectivity index (χ2n) is 6.51. The first-order chi connectivity index (χ1) is 9.42. The second kappa shape index (κ2) is 7.80. The lowest BCUT2D eigenvalue weighted by atomic mass is 9.82. The number of likely N-dealkylation sites (N-methyl/N-ethyl adjacent to an activating group) is 1. The van der Waals surface area contributed by atoms with E-state index in [1.54, 1.807) is 0 Å². The van der Waals surface area contributed by atoms with Crippen molar-refractivity contribution in [1.82, 2.24) is 5.32 Å². The Morgan fingerprint density at radius 1 is 1.05 bits per heavy atom. The molecule has 0 saturated carbocycles. The highest BCUT2D eigenvalue weighted by Crippen LogP contribution is 2.26. The van der Waals surface area contributed by atoms with E-state index < -0.39 is 0 Å². The van der Waals surface area contributed by atoms with Crippen LogP contribution in [0.3, 0.4) is 0 Å². The Morgan fingerprint density at radius 2 is 1.60 bits per heavy atom. The van der Waals surface area contributed by atoms with Gasteiger partial charge in [0.1, 0.15) is 0 Å². The zero-order valence-corrected chi connectivity index (χ0v) is 14.0. The molecule has 1 N–H and O–H groups in total. The van der Waals surface area contributed by atoms with Crippen molar-refractivity contribution in [3.05, 3.63) is 35.4 Å². The van der Waals surface area contributed by atoms with Gasteiger partial charge in [-0.05, 0) is 43.4 Å². The van der Waals surface area contributed by atoms with E-state index in [1.807, 2.05) is 7.05 Å². The van der Waals surface area contributed by atoms with Crippen molar-refractivity contribution < 1.29 is 4.74 Å². The first-order valence-corrected chi connectivity index (χ1v) is 7.79. The molecule has 1 aromatic rings. The molecular formula is C18H31NO. The van der Waals surface area contributed by atoms with Crippen molar-refractivity contribution >= 4 is 0 Å². The van der Waals surface area contributed by atoms with Crippen LogP contribution >= 0.6 is 0 Å². The predicted molar refractivity (Wildman–Crippen MR) is 87.2 cm³/mol. The lowest BCUT2D eigenvalue weighted by Crippen LogP contribution is -2.48. The average Bonchev–Trinajstić information content (AvgIpc) is 2.42. The van der Waals surface area contributed by atoms with Crippen molar-refractivity contribution in [1.29, 1.82) is 0 Å². The Labute approximate surface area is 124 Å². The van der Waals surface area contributed by atoms with Crippen LogP contribution in [0.4, 0.5) is 0 Å². The number of nitrogens with one attached hydrogen (secondary N) is 1. The van der Waals surface area contributed by atoms with Gasteiger partial charge >= 0.3 is 0 Å². The van der Waals surface area contributed by atoms with E-state index in [4.69, 9.17) is 4.74 Å². The fraction of sp³-hybridized carbons (Fsp3) is 0.667. The summed E-state index contributed by atoms with van der Waals surface area (Å²) in [5.41, 5.74) is 2.90. The van der Waals surface area contributed by atoms with Gasteiger partial charge in [-0.3, -0.25) is 0 Å². The van der Waals surface area contributed by atoms with Crippen LogP contribution in [0.2, 0.25) is 0 Å². The Hall–Kier alpha value is -0.860. The molecule has 114 valence electrons. The minimum atomic E-state index is 0.132. The third-order valence-electron chi connectivity index (χ3n) is 3.82. The van der Waals surface area contributed by atoms with Gasteiger partial charge in [-0.1, -0.05) is 52.0 Å². The van der Waals surface area contributed by atoms with Gasteiger partial charge in [0.15, 0.2) is 0 Å². The summed E-state index contributed by atoms with van der Waals surface area (Å²) >= 11 is 0. The maximum absolute atomic E-state index is 6.01. The molecule has 0 amide bonds. The molecule has 0 fully saturated rings. The molecule has 0 aliphatic carbocycles. The summed E-state index contributed by atoms with van der Waals surface area (Å²) in [4.78, 5) is 0. The van der Waals surface area contributed by atoms with E-state index >= 15 is 0 Å². The van der Waals surface area contributed by atoms with Gasteiger partial charge in [-0.25, -0.2) is 0 Å². The van der Waals surface area contributed by atoms with E-state index in [-0.39, 0.29) is 11.5 Å². The highest BCUT2D eigenvalue weighted by molar-refractivity contribution is 5.23. The van der Waals surface area contributed by atoms with E-state index in [0.717, 1.165) is 19.4 Å². The molecule has 2 heteroatoms. The van der Waals surface area contributed by atoms with Gasteiger partial charge in [-0.15, -0.1) is 0 Å². The Kier molecular flexibility index (Phi) is 6.70. The molecule has 0 aliphatic rings. The standard InChI is InChI=1S/C18H31NO/c1-7-14-9-11-15(12-10-14)13-16(19-6)17(20-8-2)18(3,4)5/h9-12,16-17,19H,7-8,13H2,1-6H3. The number of hydrogen-bond acceptors (Lipinski definition) is 2. The SMILES string of the molecule is CCOC(C(Cc1ccc(CC)cc1)NC)C(C)(C)C. The fourth-order valence-electron chi connectivity index (χ4n) is 2.67. The van der Waals surface area contributed by atoms with Crippen molar-refractivity contribution in [3.63, 3.8) is 0 Å². The van der Waals surface area contributed by atoms with Crippen LogP contribution in [0.25, 0.3) is 0 Å². The van der Waals surface area contributed by atoms with E-state index in [9.17, 15) is 0 Å². The van der Waals surface area contributed by atoms with Crippen LogP contribution in [0.15, 0.2) is 24.3 Å². The second-order valence-corrected chi connectivity index (χ2v) is 6.51. The van der Waals surface area contributed by atoms with E-state index in [1.165, 1.54) is 11.1 Å². The summed E-state index contributed by atoms with van der Waals surface area (Å²) in [6.45, 7) is 11.8.